The highest BCUT2D eigenvalue weighted by Gasteiger charge is 2.06. The van der Waals surface area contributed by atoms with Crippen LogP contribution in [-0.4, -0.2) is 18.7 Å². The molecule has 0 radical (unpaired) electrons. The van der Waals surface area contributed by atoms with Crippen molar-refractivity contribution in [3.63, 3.8) is 0 Å². The lowest BCUT2D eigenvalue weighted by molar-refractivity contribution is -0.120. The van der Waals surface area contributed by atoms with Gasteiger partial charge in [-0.1, -0.05) is 36.4 Å². The zero-order valence-electron chi connectivity index (χ0n) is 12.3. The average Bonchev–Trinajstić information content (AvgIpc) is 2.51. The molecule has 0 aliphatic heterocycles. The summed E-state index contributed by atoms with van der Waals surface area (Å²) in [6.07, 6.45) is 1.88. The summed E-state index contributed by atoms with van der Waals surface area (Å²) in [6.45, 7) is 2.53. The lowest BCUT2D eigenvalue weighted by Crippen LogP contribution is -2.19. The van der Waals surface area contributed by atoms with Crippen LogP contribution in [0.5, 0.6) is 5.75 Å². The number of amides is 1. The van der Waals surface area contributed by atoms with Gasteiger partial charge in [0, 0.05) is 0 Å². The van der Waals surface area contributed by atoms with Crippen molar-refractivity contribution >= 4 is 28.1 Å². The van der Waals surface area contributed by atoms with E-state index < -0.39 is 0 Å². The van der Waals surface area contributed by atoms with Crippen LogP contribution < -0.4 is 10.2 Å². The van der Waals surface area contributed by atoms with Crippen LogP contribution >= 0.6 is 15.9 Å². The molecule has 1 amide bonds. The zero-order chi connectivity index (χ0) is 15.8. The van der Waals surface area contributed by atoms with Gasteiger partial charge in [0.2, 0.25) is 5.91 Å². The van der Waals surface area contributed by atoms with Gasteiger partial charge in [-0.15, -0.1) is 0 Å². The first-order chi connectivity index (χ1) is 10.7. The lowest BCUT2D eigenvalue weighted by Gasteiger charge is -2.07. The Hall–Kier alpha value is -2.14. The topological polar surface area (TPSA) is 50.7 Å². The molecule has 0 saturated heterocycles. The molecule has 0 aliphatic carbocycles. The largest absolute Gasteiger partial charge is 0.493 e. The van der Waals surface area contributed by atoms with Gasteiger partial charge in [0.15, 0.2) is 0 Å². The SMILES string of the molecule is CCOc1ccc(CC(=O)N/N=C/c2ccccc2)cc1Br. The minimum atomic E-state index is -0.164. The van der Waals surface area contributed by atoms with Gasteiger partial charge in [-0.05, 0) is 46.1 Å². The monoisotopic (exact) mass is 360 g/mol. The minimum Gasteiger partial charge on any atom is -0.493 e. The first-order valence-corrected chi connectivity index (χ1v) is 7.76. The van der Waals surface area contributed by atoms with Gasteiger partial charge >= 0.3 is 0 Å². The van der Waals surface area contributed by atoms with Gasteiger partial charge < -0.3 is 4.74 Å². The first-order valence-electron chi connectivity index (χ1n) is 6.97. The number of halogens is 1. The van der Waals surface area contributed by atoms with Crippen LogP contribution in [0.15, 0.2) is 58.1 Å². The van der Waals surface area contributed by atoms with E-state index in [1.807, 2.05) is 55.5 Å². The van der Waals surface area contributed by atoms with E-state index in [0.29, 0.717) is 6.61 Å². The fourth-order valence-corrected chi connectivity index (χ4v) is 2.41. The van der Waals surface area contributed by atoms with E-state index in [1.54, 1.807) is 6.21 Å². The van der Waals surface area contributed by atoms with Crippen LogP contribution in [0.3, 0.4) is 0 Å². The molecule has 0 heterocycles. The number of hydrogen-bond donors (Lipinski definition) is 1. The second kappa shape index (κ2) is 8.34. The number of nitrogens with one attached hydrogen (secondary N) is 1. The summed E-state index contributed by atoms with van der Waals surface area (Å²) in [4.78, 5) is 11.9. The Bertz CT molecular complexity index is 657. The number of carbonyl (C=O) groups is 1. The minimum absolute atomic E-state index is 0.164. The lowest BCUT2D eigenvalue weighted by atomic mass is 10.1. The quantitative estimate of drug-likeness (QED) is 0.632. The molecule has 0 aromatic heterocycles. The molecule has 0 spiro atoms. The van der Waals surface area contributed by atoms with Crippen LogP contribution in [0, 0.1) is 0 Å². The molecule has 0 fully saturated rings. The molecule has 2 aromatic rings. The second-order valence-electron chi connectivity index (χ2n) is 4.58. The standard InChI is InChI=1S/C17H17BrN2O2/c1-2-22-16-9-8-14(10-15(16)18)11-17(21)20-19-12-13-6-4-3-5-7-13/h3-10,12H,2,11H2,1H3,(H,20,21)/b19-12+. The number of hydrazone groups is 1. The molecule has 1 N–H and O–H groups in total. The normalized spacial score (nSPS) is 10.6. The summed E-state index contributed by atoms with van der Waals surface area (Å²) < 4.78 is 6.28. The second-order valence-corrected chi connectivity index (χ2v) is 5.43. The number of hydrogen-bond acceptors (Lipinski definition) is 3. The van der Waals surface area contributed by atoms with Crippen molar-refractivity contribution in [3.8, 4) is 5.75 Å². The predicted octanol–water partition coefficient (Wildman–Crippen LogP) is 3.54. The highest BCUT2D eigenvalue weighted by Crippen LogP contribution is 2.26. The van der Waals surface area contributed by atoms with Crippen molar-refractivity contribution in [1.82, 2.24) is 5.43 Å². The number of benzene rings is 2. The van der Waals surface area contributed by atoms with E-state index >= 15 is 0 Å². The fourth-order valence-electron chi connectivity index (χ4n) is 1.87. The number of rotatable bonds is 6. The molecule has 0 unspecified atom stereocenters. The third kappa shape index (κ3) is 5.00. The van der Waals surface area contributed by atoms with Crippen molar-refractivity contribution in [1.29, 1.82) is 0 Å². The van der Waals surface area contributed by atoms with Gasteiger partial charge in [0.25, 0.3) is 0 Å². The van der Waals surface area contributed by atoms with Crippen molar-refractivity contribution < 1.29 is 9.53 Å². The molecular weight excluding hydrogens is 344 g/mol. The van der Waals surface area contributed by atoms with Crippen molar-refractivity contribution in [2.45, 2.75) is 13.3 Å². The summed E-state index contributed by atoms with van der Waals surface area (Å²) in [5.41, 5.74) is 4.35. The summed E-state index contributed by atoms with van der Waals surface area (Å²) in [6, 6.07) is 15.2. The molecule has 0 bridgehead atoms. The van der Waals surface area contributed by atoms with Gasteiger partial charge in [-0.2, -0.15) is 5.10 Å². The third-order valence-electron chi connectivity index (χ3n) is 2.86. The summed E-state index contributed by atoms with van der Waals surface area (Å²) in [5.74, 6) is 0.608. The van der Waals surface area contributed by atoms with Crippen LogP contribution in [0.1, 0.15) is 18.1 Å². The Kier molecular flexibility index (Phi) is 6.15. The maximum Gasteiger partial charge on any atom is 0.244 e. The molecular formula is C17H17BrN2O2. The van der Waals surface area contributed by atoms with Crippen LogP contribution in [0.2, 0.25) is 0 Å². The van der Waals surface area contributed by atoms with E-state index in [2.05, 4.69) is 26.5 Å². The number of ether oxygens (including phenoxy) is 1. The van der Waals surface area contributed by atoms with E-state index in [9.17, 15) is 4.79 Å². The van der Waals surface area contributed by atoms with Gasteiger partial charge in [0.05, 0.1) is 23.7 Å². The van der Waals surface area contributed by atoms with E-state index in [-0.39, 0.29) is 12.3 Å². The summed E-state index contributed by atoms with van der Waals surface area (Å²) >= 11 is 3.43. The first kappa shape index (κ1) is 16.2. The molecule has 22 heavy (non-hydrogen) atoms. The molecule has 0 atom stereocenters. The maximum absolute atomic E-state index is 11.9. The third-order valence-corrected chi connectivity index (χ3v) is 3.48. The maximum atomic E-state index is 11.9. The highest BCUT2D eigenvalue weighted by molar-refractivity contribution is 9.10. The number of nitrogens with zero attached hydrogens (tertiary/aromatic N) is 1. The Morgan fingerprint density at radius 3 is 2.73 bits per heavy atom. The fraction of sp³-hybridized carbons (Fsp3) is 0.176. The van der Waals surface area contributed by atoms with E-state index in [1.165, 1.54) is 0 Å². The molecule has 114 valence electrons. The van der Waals surface area contributed by atoms with E-state index in [0.717, 1.165) is 21.3 Å². The Morgan fingerprint density at radius 1 is 1.27 bits per heavy atom. The summed E-state index contributed by atoms with van der Waals surface area (Å²) in [7, 11) is 0. The van der Waals surface area contributed by atoms with Crippen molar-refractivity contribution in [2.75, 3.05) is 6.61 Å². The molecule has 4 nitrogen and oxygen atoms in total. The highest BCUT2D eigenvalue weighted by atomic mass is 79.9. The molecule has 0 aliphatic rings. The summed E-state index contributed by atoms with van der Waals surface area (Å²) in [5, 5.41) is 3.95. The van der Waals surface area contributed by atoms with E-state index in [4.69, 9.17) is 4.74 Å². The van der Waals surface area contributed by atoms with Gasteiger partial charge in [0.1, 0.15) is 5.75 Å². The van der Waals surface area contributed by atoms with Gasteiger partial charge in [-0.25, -0.2) is 5.43 Å². The average molecular weight is 361 g/mol. The molecule has 5 heteroatoms. The van der Waals surface area contributed by atoms with Crippen molar-refractivity contribution in [3.05, 3.63) is 64.1 Å². The smallest absolute Gasteiger partial charge is 0.244 e. The zero-order valence-corrected chi connectivity index (χ0v) is 13.8. The van der Waals surface area contributed by atoms with Gasteiger partial charge in [-0.3, -0.25) is 4.79 Å². The van der Waals surface area contributed by atoms with Crippen LogP contribution in [0.25, 0.3) is 0 Å². The molecule has 0 saturated carbocycles. The molecule has 2 rings (SSSR count). The Balaban J connectivity index is 1.89. The Labute approximate surface area is 138 Å². The predicted molar refractivity (Wildman–Crippen MR) is 91.2 cm³/mol. The molecule has 2 aromatic carbocycles. The van der Waals surface area contributed by atoms with Crippen molar-refractivity contribution in [2.24, 2.45) is 5.10 Å². The van der Waals surface area contributed by atoms with Crippen LogP contribution in [0.4, 0.5) is 0 Å². The number of carbonyl (C=O) groups excluding carboxylic acids is 1. The Morgan fingerprint density at radius 2 is 2.05 bits per heavy atom. The van der Waals surface area contributed by atoms with Crippen LogP contribution in [-0.2, 0) is 11.2 Å².